The molecule has 3 heterocycles. The second-order valence-electron chi connectivity index (χ2n) is 8.21. The quantitative estimate of drug-likeness (QED) is 0.318. The van der Waals surface area contributed by atoms with Crippen molar-refractivity contribution >= 4 is 17.8 Å². The number of hydrogen-bond donors (Lipinski definition) is 2. The van der Waals surface area contributed by atoms with Gasteiger partial charge in [0.15, 0.2) is 5.76 Å². The van der Waals surface area contributed by atoms with Gasteiger partial charge in [0, 0.05) is 43.1 Å². The van der Waals surface area contributed by atoms with Crippen LogP contribution in [0, 0.1) is 0 Å². The van der Waals surface area contributed by atoms with Crippen LogP contribution in [-0.2, 0) is 14.3 Å². The predicted octanol–water partition coefficient (Wildman–Crippen LogP) is 3.11. The average Bonchev–Trinajstić information content (AvgIpc) is 3.42. The fourth-order valence-corrected chi connectivity index (χ4v) is 3.74. The number of carbonyl (C=O) groups excluding carboxylic acids is 3. The van der Waals surface area contributed by atoms with E-state index in [1.165, 1.54) is 13.4 Å². The van der Waals surface area contributed by atoms with Crippen LogP contribution in [0.25, 0.3) is 22.6 Å². The lowest BCUT2D eigenvalue weighted by atomic mass is 9.95. The van der Waals surface area contributed by atoms with E-state index in [4.69, 9.17) is 18.7 Å². The van der Waals surface area contributed by atoms with Crippen LogP contribution in [0.4, 0.5) is 4.79 Å². The zero-order valence-corrected chi connectivity index (χ0v) is 20.0. The first-order chi connectivity index (χ1) is 18.5. The number of ether oxygens (including phenoxy) is 3. The summed E-state index contributed by atoms with van der Waals surface area (Å²) in [6.45, 7) is 0.0578. The molecule has 12 nitrogen and oxygen atoms in total. The highest BCUT2D eigenvalue weighted by molar-refractivity contribution is 6.21. The molecule has 0 radical (unpaired) electrons. The Morgan fingerprint density at radius 2 is 1.45 bits per heavy atom. The van der Waals surface area contributed by atoms with Crippen molar-refractivity contribution in [2.45, 2.75) is 12.0 Å². The maximum atomic E-state index is 12.5. The molecule has 38 heavy (non-hydrogen) atoms. The third-order valence-corrected chi connectivity index (χ3v) is 5.70. The molecular weight excluding hydrogens is 494 g/mol. The van der Waals surface area contributed by atoms with Gasteiger partial charge in [0.1, 0.15) is 29.3 Å². The molecule has 4 amide bonds. The van der Waals surface area contributed by atoms with Gasteiger partial charge in [-0.2, -0.15) is 0 Å². The number of nitrogens with zero attached hydrogens (tertiary/aromatic N) is 3. The van der Waals surface area contributed by atoms with Crippen molar-refractivity contribution in [2.24, 2.45) is 0 Å². The Balaban J connectivity index is 1.26. The molecule has 1 saturated heterocycles. The van der Waals surface area contributed by atoms with Crippen LogP contribution in [-0.4, -0.2) is 52.3 Å². The van der Waals surface area contributed by atoms with Crippen LogP contribution in [0.1, 0.15) is 6.42 Å². The van der Waals surface area contributed by atoms with Gasteiger partial charge in [-0.05, 0) is 48.5 Å². The van der Waals surface area contributed by atoms with Crippen LogP contribution in [0.3, 0.4) is 0 Å². The molecule has 1 aliphatic rings. The van der Waals surface area contributed by atoms with Crippen LogP contribution >= 0.6 is 0 Å². The summed E-state index contributed by atoms with van der Waals surface area (Å²) in [6, 6.07) is 14.5. The van der Waals surface area contributed by atoms with Crippen molar-refractivity contribution in [2.75, 3.05) is 13.7 Å². The number of nitrogens with one attached hydrogen (secondary N) is 2. The smallest absolute Gasteiger partial charge is 0.328 e. The Morgan fingerprint density at radius 1 is 0.842 bits per heavy atom. The molecule has 0 aliphatic carbocycles. The van der Waals surface area contributed by atoms with E-state index in [0.29, 0.717) is 23.0 Å². The highest BCUT2D eigenvalue weighted by atomic mass is 16.5. The number of carbonyl (C=O) groups is 3. The average molecular weight is 515 g/mol. The number of amides is 4. The van der Waals surface area contributed by atoms with Crippen molar-refractivity contribution in [1.82, 2.24) is 25.8 Å². The lowest BCUT2D eigenvalue weighted by Crippen LogP contribution is -2.69. The first-order valence-corrected chi connectivity index (χ1v) is 11.4. The molecule has 2 N–H and O–H groups in total. The molecule has 0 bridgehead atoms. The van der Waals surface area contributed by atoms with E-state index in [9.17, 15) is 14.4 Å². The minimum absolute atomic E-state index is 0.0578. The fraction of sp³-hybridized carbons (Fsp3) is 0.154. The molecule has 1 fully saturated rings. The van der Waals surface area contributed by atoms with Gasteiger partial charge in [0.25, 0.3) is 17.4 Å². The van der Waals surface area contributed by atoms with E-state index in [0.717, 1.165) is 11.1 Å². The lowest BCUT2D eigenvalue weighted by molar-refractivity contribution is -0.153. The summed E-state index contributed by atoms with van der Waals surface area (Å²) in [5, 5.41) is 8.20. The van der Waals surface area contributed by atoms with E-state index >= 15 is 0 Å². The molecule has 2 aromatic carbocycles. The van der Waals surface area contributed by atoms with E-state index < -0.39 is 23.4 Å². The molecule has 12 heteroatoms. The van der Waals surface area contributed by atoms with Crippen LogP contribution in [0.5, 0.6) is 17.2 Å². The van der Waals surface area contributed by atoms with Crippen LogP contribution in [0.2, 0.25) is 0 Å². The molecular formula is C26H21N5O7. The number of benzene rings is 2. The number of hydrogen-bond acceptors (Lipinski definition) is 10. The van der Waals surface area contributed by atoms with Crippen molar-refractivity contribution in [1.29, 1.82) is 0 Å². The zero-order chi connectivity index (χ0) is 26.5. The number of imide groups is 2. The molecule has 4 aromatic rings. The monoisotopic (exact) mass is 515 g/mol. The van der Waals surface area contributed by atoms with Crippen molar-refractivity contribution in [3.63, 3.8) is 0 Å². The normalized spacial score (nSPS) is 14.5. The number of urea groups is 1. The molecule has 1 aliphatic heterocycles. The molecule has 0 atom stereocenters. The summed E-state index contributed by atoms with van der Waals surface area (Å²) in [5.74, 6) is 0.152. The summed E-state index contributed by atoms with van der Waals surface area (Å²) >= 11 is 0. The largest absolute Gasteiger partial charge is 0.467 e. The number of rotatable bonds is 9. The topological polar surface area (TPSA) is 155 Å². The lowest BCUT2D eigenvalue weighted by Gasteiger charge is -2.34. The predicted molar refractivity (Wildman–Crippen MR) is 131 cm³/mol. The van der Waals surface area contributed by atoms with E-state index in [1.54, 1.807) is 54.9 Å². The van der Waals surface area contributed by atoms with Crippen LogP contribution in [0.15, 0.2) is 77.8 Å². The first-order valence-electron chi connectivity index (χ1n) is 11.4. The number of methoxy groups -OCH3 is 1. The number of barbiturate groups is 1. The SMILES string of the molecule is COCCC1(Oc2ccc(Oc3ccc(-c4cc(-c5cncnc5)no4)cc3)cc2)C(=O)NC(=O)NC1=O. The highest BCUT2D eigenvalue weighted by Gasteiger charge is 2.52. The molecule has 5 rings (SSSR count). The van der Waals surface area contributed by atoms with Gasteiger partial charge < -0.3 is 18.7 Å². The second-order valence-corrected chi connectivity index (χ2v) is 8.21. The fourth-order valence-electron chi connectivity index (χ4n) is 3.74. The number of aromatic nitrogens is 3. The minimum atomic E-state index is -1.95. The first kappa shape index (κ1) is 24.6. The maximum absolute atomic E-state index is 12.5. The van der Waals surface area contributed by atoms with Gasteiger partial charge >= 0.3 is 6.03 Å². The van der Waals surface area contributed by atoms with Gasteiger partial charge in [-0.1, -0.05) is 5.16 Å². The summed E-state index contributed by atoms with van der Waals surface area (Å²) in [5.41, 5.74) is 0.233. The van der Waals surface area contributed by atoms with Crippen molar-refractivity contribution in [3.05, 3.63) is 73.3 Å². The summed E-state index contributed by atoms with van der Waals surface area (Å²) < 4.78 is 22.1. The zero-order valence-electron chi connectivity index (χ0n) is 20.0. The Bertz CT molecular complexity index is 1430. The molecule has 0 unspecified atom stereocenters. The van der Waals surface area contributed by atoms with Crippen LogP contribution < -0.4 is 20.1 Å². The summed E-state index contributed by atoms with van der Waals surface area (Å²) in [6.07, 6.45) is 4.66. The third-order valence-electron chi connectivity index (χ3n) is 5.70. The standard InChI is InChI=1S/C26H21N5O7/c1-35-11-10-26(23(32)29-25(34)30-24(26)33)37-20-8-6-19(7-9-20)36-18-4-2-16(3-5-18)22-12-21(31-38-22)17-13-27-15-28-14-17/h2-9,12-15H,10-11H2,1H3,(H2,29,30,32,33,34). The Labute approximate surface area is 215 Å². The van der Waals surface area contributed by atoms with Crippen molar-refractivity contribution < 1.29 is 33.1 Å². The van der Waals surface area contributed by atoms with Gasteiger partial charge in [-0.15, -0.1) is 0 Å². The summed E-state index contributed by atoms with van der Waals surface area (Å²) in [7, 11) is 1.43. The van der Waals surface area contributed by atoms with Gasteiger partial charge in [-0.25, -0.2) is 14.8 Å². The Kier molecular flexibility index (Phi) is 6.78. The molecule has 0 spiro atoms. The van der Waals surface area contributed by atoms with E-state index in [-0.39, 0.29) is 18.8 Å². The molecule has 192 valence electrons. The Hall–Kier alpha value is -5.10. The molecule has 0 saturated carbocycles. The second kappa shape index (κ2) is 10.5. The van der Waals surface area contributed by atoms with E-state index in [1.807, 2.05) is 12.1 Å². The highest BCUT2D eigenvalue weighted by Crippen LogP contribution is 2.30. The maximum Gasteiger partial charge on any atom is 0.328 e. The van der Waals surface area contributed by atoms with Crippen molar-refractivity contribution in [3.8, 4) is 39.8 Å². The third kappa shape index (κ3) is 5.06. The van der Waals surface area contributed by atoms with E-state index in [2.05, 4.69) is 25.8 Å². The van der Waals surface area contributed by atoms with Gasteiger partial charge in [0.2, 0.25) is 0 Å². The van der Waals surface area contributed by atoms with Gasteiger partial charge in [0.05, 0.1) is 6.61 Å². The summed E-state index contributed by atoms with van der Waals surface area (Å²) in [4.78, 5) is 44.6. The molecule has 2 aromatic heterocycles. The minimum Gasteiger partial charge on any atom is -0.467 e. The Morgan fingerprint density at radius 3 is 2.08 bits per heavy atom. The van der Waals surface area contributed by atoms with Gasteiger partial charge in [-0.3, -0.25) is 20.2 Å².